The van der Waals surface area contributed by atoms with Gasteiger partial charge in [0, 0.05) is 24.2 Å². The van der Waals surface area contributed by atoms with Gasteiger partial charge < -0.3 is 14.7 Å². The molecular formula is C27H27N3O4. The van der Waals surface area contributed by atoms with Crippen molar-refractivity contribution in [3.05, 3.63) is 95.1 Å². The molecule has 0 spiro atoms. The second kappa shape index (κ2) is 9.87. The summed E-state index contributed by atoms with van der Waals surface area (Å²) >= 11 is 0. The number of carbonyl (C=O) groups excluding carboxylic acids is 2. The maximum absolute atomic E-state index is 13.2. The number of hydrogen-bond donors (Lipinski definition) is 1. The Hall–Kier alpha value is -4.00. The summed E-state index contributed by atoms with van der Waals surface area (Å²) < 4.78 is 5.73. The van der Waals surface area contributed by atoms with Crippen LogP contribution in [0.25, 0.3) is 5.76 Å². The Balaban J connectivity index is 1.85. The Labute approximate surface area is 198 Å². The first-order valence-corrected chi connectivity index (χ1v) is 11.3. The van der Waals surface area contributed by atoms with Crippen molar-refractivity contribution >= 4 is 17.4 Å². The van der Waals surface area contributed by atoms with Crippen LogP contribution >= 0.6 is 0 Å². The maximum Gasteiger partial charge on any atom is 0.296 e. The van der Waals surface area contributed by atoms with Crippen molar-refractivity contribution in [1.82, 2.24) is 14.9 Å². The number of rotatable bonds is 7. The Morgan fingerprint density at radius 1 is 1.12 bits per heavy atom. The molecule has 0 radical (unpaired) electrons. The third-order valence-corrected chi connectivity index (χ3v) is 5.80. The van der Waals surface area contributed by atoms with E-state index in [0.29, 0.717) is 23.4 Å². The van der Waals surface area contributed by atoms with E-state index in [4.69, 9.17) is 4.74 Å². The molecule has 0 bridgehead atoms. The highest BCUT2D eigenvalue weighted by Crippen LogP contribution is 2.40. The van der Waals surface area contributed by atoms with Gasteiger partial charge >= 0.3 is 0 Å². The van der Waals surface area contributed by atoms with Crippen molar-refractivity contribution in [2.24, 2.45) is 0 Å². The van der Waals surface area contributed by atoms with Crippen LogP contribution in [0.5, 0.6) is 5.75 Å². The molecule has 3 aromatic rings. The molecule has 1 aromatic carbocycles. The summed E-state index contributed by atoms with van der Waals surface area (Å²) in [6, 6.07) is 13.5. The molecule has 1 aliphatic rings. The van der Waals surface area contributed by atoms with E-state index in [0.717, 1.165) is 11.3 Å². The summed E-state index contributed by atoms with van der Waals surface area (Å²) in [6.45, 7) is 6.62. The number of aliphatic hydroxyl groups excluding tert-OH is 1. The van der Waals surface area contributed by atoms with Crippen molar-refractivity contribution in [3.63, 3.8) is 0 Å². The topological polar surface area (TPSA) is 92.6 Å². The number of pyridine rings is 2. The van der Waals surface area contributed by atoms with Crippen molar-refractivity contribution in [2.75, 3.05) is 6.61 Å². The number of amides is 1. The van der Waals surface area contributed by atoms with Gasteiger partial charge in [-0.05, 0) is 60.4 Å². The number of ether oxygens (including phenoxy) is 1. The van der Waals surface area contributed by atoms with Crippen LogP contribution in [0.4, 0.5) is 0 Å². The maximum atomic E-state index is 13.2. The first-order chi connectivity index (χ1) is 16.4. The highest BCUT2D eigenvalue weighted by molar-refractivity contribution is 6.46. The lowest BCUT2D eigenvalue weighted by atomic mass is 9.93. The van der Waals surface area contributed by atoms with E-state index in [1.807, 2.05) is 32.9 Å². The van der Waals surface area contributed by atoms with E-state index in [1.54, 1.807) is 55.0 Å². The van der Waals surface area contributed by atoms with Crippen LogP contribution in [-0.2, 0) is 16.1 Å². The van der Waals surface area contributed by atoms with Crippen LogP contribution in [0.2, 0.25) is 0 Å². The predicted octanol–water partition coefficient (Wildman–Crippen LogP) is 4.62. The first-order valence-electron chi connectivity index (χ1n) is 11.3. The Kier molecular flexibility index (Phi) is 6.72. The molecule has 1 unspecified atom stereocenters. The highest BCUT2D eigenvalue weighted by Gasteiger charge is 2.46. The lowest BCUT2D eigenvalue weighted by Crippen LogP contribution is -2.29. The second-order valence-electron chi connectivity index (χ2n) is 8.37. The SMILES string of the molecule is CCOc1ccc(/C(O)=C2/C(=O)C(=O)N(Cc3ccccn3)C2c2cccnc2)cc1C(C)C. The van der Waals surface area contributed by atoms with Crippen LogP contribution < -0.4 is 4.74 Å². The summed E-state index contributed by atoms with van der Waals surface area (Å²) in [5, 5.41) is 11.4. The number of carbonyl (C=O) groups is 2. The molecule has 34 heavy (non-hydrogen) atoms. The Morgan fingerprint density at radius 2 is 1.94 bits per heavy atom. The third kappa shape index (κ3) is 4.41. The van der Waals surface area contributed by atoms with Gasteiger partial charge in [-0.25, -0.2) is 0 Å². The number of benzene rings is 1. The number of Topliss-reactive ketones (excluding diaryl/α,β-unsaturated/α-hetero) is 1. The van der Waals surface area contributed by atoms with E-state index < -0.39 is 17.7 Å². The van der Waals surface area contributed by atoms with Crippen molar-refractivity contribution in [1.29, 1.82) is 0 Å². The molecule has 1 atom stereocenters. The van der Waals surface area contributed by atoms with Gasteiger partial charge in [0.15, 0.2) is 0 Å². The van der Waals surface area contributed by atoms with Crippen LogP contribution in [0.3, 0.4) is 0 Å². The van der Waals surface area contributed by atoms with Gasteiger partial charge in [-0.1, -0.05) is 26.0 Å². The zero-order chi connectivity index (χ0) is 24.2. The number of likely N-dealkylation sites (tertiary alicyclic amines) is 1. The van der Waals surface area contributed by atoms with Gasteiger partial charge in [0.25, 0.3) is 11.7 Å². The summed E-state index contributed by atoms with van der Waals surface area (Å²) in [6.07, 6.45) is 4.86. The quantitative estimate of drug-likeness (QED) is 0.316. The van der Waals surface area contributed by atoms with Gasteiger partial charge in [0.05, 0.1) is 30.5 Å². The molecule has 0 aliphatic carbocycles. The molecule has 3 heterocycles. The number of hydrogen-bond acceptors (Lipinski definition) is 6. The van der Waals surface area contributed by atoms with Crippen molar-refractivity contribution < 1.29 is 19.4 Å². The van der Waals surface area contributed by atoms with Crippen LogP contribution in [0.15, 0.2) is 72.7 Å². The monoisotopic (exact) mass is 457 g/mol. The minimum Gasteiger partial charge on any atom is -0.507 e. The molecule has 1 N–H and O–H groups in total. The summed E-state index contributed by atoms with van der Waals surface area (Å²) in [5.41, 5.74) is 2.67. The number of nitrogens with zero attached hydrogens (tertiary/aromatic N) is 3. The van der Waals surface area contributed by atoms with Crippen LogP contribution in [0, 0.1) is 0 Å². The van der Waals surface area contributed by atoms with Crippen molar-refractivity contribution in [3.8, 4) is 5.75 Å². The molecule has 7 nitrogen and oxygen atoms in total. The van der Waals surface area contributed by atoms with E-state index >= 15 is 0 Å². The average molecular weight is 458 g/mol. The third-order valence-electron chi connectivity index (χ3n) is 5.80. The predicted molar refractivity (Wildman–Crippen MR) is 128 cm³/mol. The molecule has 0 saturated carbocycles. The molecular weight excluding hydrogens is 430 g/mol. The lowest BCUT2D eigenvalue weighted by Gasteiger charge is -2.25. The van der Waals surface area contributed by atoms with Gasteiger partial charge in [0.2, 0.25) is 0 Å². The minimum absolute atomic E-state index is 0.0350. The summed E-state index contributed by atoms with van der Waals surface area (Å²) in [5.74, 6) is -0.775. The lowest BCUT2D eigenvalue weighted by molar-refractivity contribution is -0.140. The number of ketones is 1. The van der Waals surface area contributed by atoms with E-state index in [-0.39, 0.29) is 23.8 Å². The molecule has 1 amide bonds. The van der Waals surface area contributed by atoms with Crippen LogP contribution in [0.1, 0.15) is 55.1 Å². The molecule has 1 fully saturated rings. The molecule has 2 aromatic heterocycles. The molecule has 1 aliphatic heterocycles. The number of aromatic nitrogens is 2. The summed E-state index contributed by atoms with van der Waals surface area (Å²) in [4.78, 5) is 36.2. The smallest absolute Gasteiger partial charge is 0.296 e. The molecule has 1 saturated heterocycles. The average Bonchev–Trinajstić information content (AvgIpc) is 3.10. The fourth-order valence-corrected chi connectivity index (χ4v) is 4.18. The number of aliphatic hydroxyl groups is 1. The second-order valence-corrected chi connectivity index (χ2v) is 8.37. The highest BCUT2D eigenvalue weighted by atomic mass is 16.5. The fraction of sp³-hybridized carbons (Fsp3) is 0.259. The van der Waals surface area contributed by atoms with E-state index in [2.05, 4.69) is 9.97 Å². The molecule has 7 heteroatoms. The fourth-order valence-electron chi connectivity index (χ4n) is 4.18. The Bertz CT molecular complexity index is 1220. The molecule has 174 valence electrons. The molecule has 4 rings (SSSR count). The van der Waals surface area contributed by atoms with Gasteiger partial charge in [-0.2, -0.15) is 0 Å². The van der Waals surface area contributed by atoms with E-state index in [1.165, 1.54) is 4.90 Å². The standard InChI is InChI=1S/C27H27N3O4/c1-4-34-22-11-10-18(14-21(22)17(2)3)25(31)23-24(19-8-7-12-28-15-19)30(27(33)26(23)32)16-20-9-5-6-13-29-20/h5-15,17,24,31H,4,16H2,1-3H3/b25-23-. The van der Waals surface area contributed by atoms with Gasteiger partial charge in [0.1, 0.15) is 11.5 Å². The Morgan fingerprint density at radius 3 is 2.59 bits per heavy atom. The van der Waals surface area contributed by atoms with Gasteiger partial charge in [-0.3, -0.25) is 19.6 Å². The largest absolute Gasteiger partial charge is 0.507 e. The minimum atomic E-state index is -0.787. The van der Waals surface area contributed by atoms with Crippen molar-refractivity contribution in [2.45, 2.75) is 39.3 Å². The van der Waals surface area contributed by atoms with E-state index in [9.17, 15) is 14.7 Å². The first kappa shape index (κ1) is 23.2. The zero-order valence-corrected chi connectivity index (χ0v) is 19.4. The van der Waals surface area contributed by atoms with Gasteiger partial charge in [-0.15, -0.1) is 0 Å². The summed E-state index contributed by atoms with van der Waals surface area (Å²) in [7, 11) is 0. The zero-order valence-electron chi connectivity index (χ0n) is 19.4. The van der Waals surface area contributed by atoms with Crippen LogP contribution in [-0.4, -0.2) is 38.3 Å². The normalized spacial score (nSPS) is 17.4.